The first kappa shape index (κ1) is 10.9. The number of ether oxygens (including phenoxy) is 1. The van der Waals surface area contributed by atoms with Crippen LogP contribution in [0.1, 0.15) is 19.3 Å². The lowest BCUT2D eigenvalue weighted by molar-refractivity contribution is -0.152. The molecule has 4 heteroatoms. The SMILES string of the molecule is CN1CCC(OC(=O)CC2CNC2)CC1. The number of hydrogen-bond acceptors (Lipinski definition) is 4. The summed E-state index contributed by atoms with van der Waals surface area (Å²) in [5.41, 5.74) is 0. The minimum absolute atomic E-state index is 0.00365. The molecule has 0 aromatic heterocycles. The third-order valence-electron chi connectivity index (χ3n) is 3.29. The maximum atomic E-state index is 11.5. The van der Waals surface area contributed by atoms with Crippen LogP contribution in [-0.2, 0) is 9.53 Å². The highest BCUT2D eigenvalue weighted by Crippen LogP contribution is 2.15. The molecule has 0 amide bonds. The van der Waals surface area contributed by atoms with Gasteiger partial charge in [0.15, 0.2) is 0 Å². The van der Waals surface area contributed by atoms with Crippen molar-refractivity contribution < 1.29 is 9.53 Å². The Kier molecular flexibility index (Phi) is 3.59. The number of piperidine rings is 1. The van der Waals surface area contributed by atoms with Gasteiger partial charge in [0.25, 0.3) is 0 Å². The van der Waals surface area contributed by atoms with E-state index in [4.69, 9.17) is 4.74 Å². The summed E-state index contributed by atoms with van der Waals surface area (Å²) < 4.78 is 5.45. The fourth-order valence-corrected chi connectivity index (χ4v) is 2.07. The van der Waals surface area contributed by atoms with Gasteiger partial charge >= 0.3 is 5.97 Å². The van der Waals surface area contributed by atoms with Gasteiger partial charge in [-0.15, -0.1) is 0 Å². The van der Waals surface area contributed by atoms with E-state index in [1.54, 1.807) is 0 Å². The maximum Gasteiger partial charge on any atom is 0.306 e. The topological polar surface area (TPSA) is 41.6 Å². The molecular formula is C11H20N2O2. The molecule has 4 nitrogen and oxygen atoms in total. The lowest BCUT2D eigenvalue weighted by atomic mass is 9.99. The van der Waals surface area contributed by atoms with Gasteiger partial charge in [0.1, 0.15) is 6.10 Å². The first-order chi connectivity index (χ1) is 7.24. The predicted octanol–water partition coefficient (Wildman–Crippen LogP) is 0.233. The molecule has 0 aliphatic carbocycles. The van der Waals surface area contributed by atoms with Crippen LogP contribution in [0.5, 0.6) is 0 Å². The third kappa shape index (κ3) is 3.18. The minimum Gasteiger partial charge on any atom is -0.462 e. The molecule has 2 heterocycles. The highest BCUT2D eigenvalue weighted by atomic mass is 16.5. The second-order valence-electron chi connectivity index (χ2n) is 4.72. The molecule has 2 saturated heterocycles. The molecule has 2 aliphatic heterocycles. The van der Waals surface area contributed by atoms with Gasteiger partial charge in [-0.1, -0.05) is 0 Å². The van der Waals surface area contributed by atoms with Gasteiger partial charge in [-0.05, 0) is 38.9 Å². The molecule has 0 saturated carbocycles. The fourth-order valence-electron chi connectivity index (χ4n) is 2.07. The zero-order valence-electron chi connectivity index (χ0n) is 9.37. The Morgan fingerprint density at radius 3 is 2.60 bits per heavy atom. The molecule has 1 N–H and O–H groups in total. The Hall–Kier alpha value is -0.610. The quantitative estimate of drug-likeness (QED) is 0.680. The Morgan fingerprint density at radius 2 is 2.07 bits per heavy atom. The number of carbonyl (C=O) groups is 1. The normalized spacial score (nSPS) is 24.9. The molecule has 0 aromatic rings. The zero-order valence-corrected chi connectivity index (χ0v) is 9.37. The van der Waals surface area contributed by atoms with Gasteiger partial charge in [-0.2, -0.15) is 0 Å². The van der Waals surface area contributed by atoms with Crippen molar-refractivity contribution in [3.05, 3.63) is 0 Å². The third-order valence-corrected chi connectivity index (χ3v) is 3.29. The van der Waals surface area contributed by atoms with Crippen LogP contribution in [0.2, 0.25) is 0 Å². The minimum atomic E-state index is -0.00365. The molecule has 0 atom stereocenters. The van der Waals surface area contributed by atoms with E-state index in [-0.39, 0.29) is 12.1 Å². The van der Waals surface area contributed by atoms with Crippen LogP contribution in [0.3, 0.4) is 0 Å². The molecule has 0 aromatic carbocycles. The predicted molar refractivity (Wildman–Crippen MR) is 57.6 cm³/mol. The Morgan fingerprint density at radius 1 is 1.40 bits per heavy atom. The van der Waals surface area contributed by atoms with Crippen LogP contribution in [0.15, 0.2) is 0 Å². The zero-order chi connectivity index (χ0) is 10.7. The number of nitrogens with one attached hydrogen (secondary N) is 1. The van der Waals surface area contributed by atoms with E-state index in [0.717, 1.165) is 39.0 Å². The van der Waals surface area contributed by atoms with Crippen LogP contribution in [0, 0.1) is 5.92 Å². The average molecular weight is 212 g/mol. The van der Waals surface area contributed by atoms with Gasteiger partial charge in [0.2, 0.25) is 0 Å². The smallest absolute Gasteiger partial charge is 0.306 e. The van der Waals surface area contributed by atoms with Gasteiger partial charge in [-0.3, -0.25) is 4.79 Å². The van der Waals surface area contributed by atoms with Crippen molar-refractivity contribution in [1.29, 1.82) is 0 Å². The van der Waals surface area contributed by atoms with Gasteiger partial charge in [-0.25, -0.2) is 0 Å². The molecule has 0 radical (unpaired) electrons. The number of nitrogens with zero attached hydrogens (tertiary/aromatic N) is 1. The summed E-state index contributed by atoms with van der Waals surface area (Å²) >= 11 is 0. The average Bonchev–Trinajstić information content (AvgIpc) is 2.16. The van der Waals surface area contributed by atoms with Crippen molar-refractivity contribution >= 4 is 5.97 Å². The highest BCUT2D eigenvalue weighted by molar-refractivity contribution is 5.70. The number of hydrogen-bond donors (Lipinski definition) is 1. The van der Waals surface area contributed by atoms with Crippen molar-refractivity contribution in [2.45, 2.75) is 25.4 Å². The molecule has 15 heavy (non-hydrogen) atoms. The fraction of sp³-hybridized carbons (Fsp3) is 0.909. The Labute approximate surface area is 91.0 Å². The molecule has 2 fully saturated rings. The molecule has 2 rings (SSSR count). The first-order valence-corrected chi connectivity index (χ1v) is 5.83. The van der Waals surface area contributed by atoms with Crippen molar-refractivity contribution in [2.24, 2.45) is 5.92 Å². The second kappa shape index (κ2) is 4.94. The van der Waals surface area contributed by atoms with Crippen LogP contribution >= 0.6 is 0 Å². The largest absolute Gasteiger partial charge is 0.462 e. The summed E-state index contributed by atoms with van der Waals surface area (Å²) in [5.74, 6) is 0.514. The van der Waals surface area contributed by atoms with Crippen molar-refractivity contribution in [1.82, 2.24) is 10.2 Å². The standard InChI is InChI=1S/C11H20N2O2/c1-13-4-2-10(3-5-13)15-11(14)6-9-7-12-8-9/h9-10,12H,2-8H2,1H3. The summed E-state index contributed by atoms with van der Waals surface area (Å²) in [6.45, 7) is 4.04. The lowest BCUT2D eigenvalue weighted by Gasteiger charge is -2.30. The van der Waals surface area contributed by atoms with Crippen LogP contribution in [0.4, 0.5) is 0 Å². The van der Waals surface area contributed by atoms with E-state index in [1.807, 2.05) is 0 Å². The summed E-state index contributed by atoms with van der Waals surface area (Å²) in [6, 6.07) is 0. The molecule has 0 bridgehead atoms. The lowest BCUT2D eigenvalue weighted by Crippen LogP contribution is -2.43. The molecule has 2 aliphatic rings. The second-order valence-corrected chi connectivity index (χ2v) is 4.72. The molecule has 0 unspecified atom stereocenters. The monoisotopic (exact) mass is 212 g/mol. The molecule has 86 valence electrons. The first-order valence-electron chi connectivity index (χ1n) is 5.83. The van der Waals surface area contributed by atoms with Crippen molar-refractivity contribution in [2.75, 3.05) is 33.2 Å². The summed E-state index contributed by atoms with van der Waals surface area (Å²) in [6.07, 6.45) is 2.75. The Bertz CT molecular complexity index is 221. The van der Waals surface area contributed by atoms with Crippen molar-refractivity contribution in [3.63, 3.8) is 0 Å². The number of likely N-dealkylation sites (tertiary alicyclic amines) is 1. The van der Waals surface area contributed by atoms with E-state index in [2.05, 4.69) is 17.3 Å². The maximum absolute atomic E-state index is 11.5. The van der Waals surface area contributed by atoms with E-state index < -0.39 is 0 Å². The molecular weight excluding hydrogens is 192 g/mol. The number of carbonyl (C=O) groups excluding carboxylic acids is 1. The number of rotatable bonds is 3. The van der Waals surface area contributed by atoms with E-state index >= 15 is 0 Å². The number of esters is 1. The van der Waals surface area contributed by atoms with E-state index in [0.29, 0.717) is 12.3 Å². The van der Waals surface area contributed by atoms with Gasteiger partial charge < -0.3 is 15.0 Å². The van der Waals surface area contributed by atoms with Gasteiger partial charge in [0.05, 0.1) is 6.42 Å². The van der Waals surface area contributed by atoms with Crippen molar-refractivity contribution in [3.8, 4) is 0 Å². The molecule has 0 spiro atoms. The highest BCUT2D eigenvalue weighted by Gasteiger charge is 2.24. The van der Waals surface area contributed by atoms with E-state index in [1.165, 1.54) is 0 Å². The summed E-state index contributed by atoms with van der Waals surface area (Å²) in [7, 11) is 2.11. The van der Waals surface area contributed by atoms with Crippen LogP contribution < -0.4 is 5.32 Å². The Balaban J connectivity index is 1.64. The van der Waals surface area contributed by atoms with Gasteiger partial charge in [0, 0.05) is 13.1 Å². The van der Waals surface area contributed by atoms with Crippen LogP contribution in [0.25, 0.3) is 0 Å². The van der Waals surface area contributed by atoms with E-state index in [9.17, 15) is 4.79 Å². The summed E-state index contributed by atoms with van der Waals surface area (Å²) in [5, 5.41) is 3.16. The summed E-state index contributed by atoms with van der Waals surface area (Å²) in [4.78, 5) is 13.8. The van der Waals surface area contributed by atoms with Crippen LogP contribution in [-0.4, -0.2) is 50.2 Å².